The normalized spacial score (nSPS) is 19.0. The number of nitrogen functional groups attached to an aromatic ring is 1. The van der Waals surface area contributed by atoms with Crippen LogP contribution in [0.5, 0.6) is 0 Å². The lowest BCUT2D eigenvalue weighted by Crippen LogP contribution is -2.36. The van der Waals surface area contributed by atoms with Crippen LogP contribution in [0.2, 0.25) is 0 Å². The van der Waals surface area contributed by atoms with Crippen molar-refractivity contribution in [2.24, 2.45) is 5.92 Å². The summed E-state index contributed by atoms with van der Waals surface area (Å²) in [6.07, 6.45) is 5.55. The number of nitrogens with zero attached hydrogens (tertiary/aromatic N) is 3. The van der Waals surface area contributed by atoms with Gasteiger partial charge < -0.3 is 5.73 Å². The maximum atomic E-state index is 12.6. The molecule has 1 fully saturated rings. The van der Waals surface area contributed by atoms with E-state index in [2.05, 4.69) is 4.98 Å². The van der Waals surface area contributed by atoms with Crippen molar-refractivity contribution in [2.75, 3.05) is 27.9 Å². The highest BCUT2D eigenvalue weighted by Gasteiger charge is 2.40. The van der Waals surface area contributed by atoms with Crippen molar-refractivity contribution < 1.29 is 8.42 Å². The smallest absolute Gasteiger partial charge is 0.326 e. The number of aromatic nitrogens is 1. The van der Waals surface area contributed by atoms with Crippen molar-refractivity contribution >= 4 is 27.3 Å². The van der Waals surface area contributed by atoms with Crippen molar-refractivity contribution in [3.63, 3.8) is 0 Å². The largest absolute Gasteiger partial charge is 0.398 e. The third-order valence-electron chi connectivity index (χ3n) is 4.49. The Labute approximate surface area is 135 Å². The number of anilines is 3. The van der Waals surface area contributed by atoms with Crippen LogP contribution in [0.25, 0.3) is 11.1 Å². The molecule has 4 rings (SSSR count). The molecule has 0 spiro atoms. The Morgan fingerprint density at radius 1 is 1.26 bits per heavy atom. The molecule has 0 atom stereocenters. The summed E-state index contributed by atoms with van der Waals surface area (Å²) >= 11 is 0. The van der Waals surface area contributed by atoms with E-state index in [-0.39, 0.29) is 0 Å². The summed E-state index contributed by atoms with van der Waals surface area (Å²) in [5.74, 6) is 0.484. The van der Waals surface area contributed by atoms with Crippen molar-refractivity contribution in [3.05, 3.63) is 36.7 Å². The number of rotatable bonds is 3. The van der Waals surface area contributed by atoms with Crippen LogP contribution in [-0.4, -0.2) is 27.0 Å². The maximum Gasteiger partial charge on any atom is 0.326 e. The summed E-state index contributed by atoms with van der Waals surface area (Å²) in [5.41, 5.74) is 9.73. The second-order valence-corrected chi connectivity index (χ2v) is 8.00. The molecule has 1 saturated carbocycles. The second kappa shape index (κ2) is 4.86. The lowest BCUT2D eigenvalue weighted by atomic mass is 10.0. The fourth-order valence-corrected chi connectivity index (χ4v) is 4.42. The molecule has 0 saturated heterocycles. The van der Waals surface area contributed by atoms with Crippen LogP contribution >= 0.6 is 0 Å². The Hall–Kier alpha value is -2.28. The van der Waals surface area contributed by atoms with E-state index in [1.165, 1.54) is 8.61 Å². The van der Waals surface area contributed by atoms with E-state index in [0.29, 0.717) is 23.8 Å². The Morgan fingerprint density at radius 3 is 2.74 bits per heavy atom. The molecule has 2 aliphatic rings. The SMILES string of the molecule is CN1c2cc(-c3cnccc3N)ccc2N(CC2CC2)S1(=O)=O. The summed E-state index contributed by atoms with van der Waals surface area (Å²) in [7, 11) is -1.87. The van der Waals surface area contributed by atoms with Gasteiger partial charge in [0.15, 0.2) is 0 Å². The summed E-state index contributed by atoms with van der Waals surface area (Å²) in [6.45, 7) is 0.564. The Bertz CT molecular complexity index is 877. The van der Waals surface area contributed by atoms with E-state index in [1.54, 1.807) is 25.5 Å². The minimum absolute atomic E-state index is 0.484. The fourth-order valence-electron chi connectivity index (χ4n) is 2.92. The monoisotopic (exact) mass is 330 g/mol. The minimum Gasteiger partial charge on any atom is -0.398 e. The van der Waals surface area contributed by atoms with Gasteiger partial charge in [-0.15, -0.1) is 0 Å². The molecule has 0 radical (unpaired) electrons. The van der Waals surface area contributed by atoms with Crippen LogP contribution in [0.4, 0.5) is 17.1 Å². The van der Waals surface area contributed by atoms with Gasteiger partial charge in [0.2, 0.25) is 0 Å². The van der Waals surface area contributed by atoms with E-state index >= 15 is 0 Å². The Kier molecular flexibility index (Phi) is 3.02. The molecule has 2 heterocycles. The topological polar surface area (TPSA) is 79.5 Å². The van der Waals surface area contributed by atoms with Gasteiger partial charge in [0.05, 0.1) is 11.4 Å². The van der Waals surface area contributed by atoms with Gasteiger partial charge >= 0.3 is 10.2 Å². The zero-order valence-electron chi connectivity index (χ0n) is 12.8. The van der Waals surface area contributed by atoms with E-state index in [0.717, 1.165) is 29.7 Å². The summed E-state index contributed by atoms with van der Waals surface area (Å²) < 4.78 is 28.2. The molecule has 0 unspecified atom stereocenters. The predicted molar refractivity (Wildman–Crippen MR) is 91.5 cm³/mol. The van der Waals surface area contributed by atoms with E-state index in [1.807, 2.05) is 18.2 Å². The molecule has 1 aromatic heterocycles. The molecule has 2 N–H and O–H groups in total. The van der Waals surface area contributed by atoms with Crippen LogP contribution in [0.15, 0.2) is 36.7 Å². The van der Waals surface area contributed by atoms with Crippen molar-refractivity contribution in [2.45, 2.75) is 12.8 Å². The third-order valence-corrected chi connectivity index (χ3v) is 6.29. The van der Waals surface area contributed by atoms with Gasteiger partial charge in [-0.1, -0.05) is 6.07 Å². The van der Waals surface area contributed by atoms with Crippen LogP contribution in [-0.2, 0) is 10.2 Å². The zero-order chi connectivity index (χ0) is 16.2. The van der Waals surface area contributed by atoms with Crippen LogP contribution < -0.4 is 14.3 Å². The number of fused-ring (bicyclic) bond motifs is 1. The average molecular weight is 330 g/mol. The lowest BCUT2D eigenvalue weighted by molar-refractivity contribution is 0.590. The maximum absolute atomic E-state index is 12.6. The Morgan fingerprint density at radius 2 is 2.04 bits per heavy atom. The van der Waals surface area contributed by atoms with E-state index in [9.17, 15) is 8.42 Å². The summed E-state index contributed by atoms with van der Waals surface area (Å²) in [6, 6.07) is 7.37. The zero-order valence-corrected chi connectivity index (χ0v) is 13.6. The predicted octanol–water partition coefficient (Wildman–Crippen LogP) is 2.24. The lowest BCUT2D eigenvalue weighted by Gasteiger charge is -2.18. The van der Waals surface area contributed by atoms with Crippen LogP contribution in [0.1, 0.15) is 12.8 Å². The van der Waals surface area contributed by atoms with Crippen molar-refractivity contribution in [1.29, 1.82) is 0 Å². The quantitative estimate of drug-likeness (QED) is 0.936. The van der Waals surface area contributed by atoms with Crippen LogP contribution in [0.3, 0.4) is 0 Å². The van der Waals surface area contributed by atoms with E-state index in [4.69, 9.17) is 5.73 Å². The average Bonchev–Trinajstić information content (AvgIpc) is 3.33. The number of hydrogen-bond donors (Lipinski definition) is 1. The molecule has 1 aliphatic carbocycles. The Balaban J connectivity index is 1.81. The van der Waals surface area contributed by atoms with Gasteiger partial charge in [-0.3, -0.25) is 13.6 Å². The van der Waals surface area contributed by atoms with E-state index < -0.39 is 10.2 Å². The number of hydrogen-bond acceptors (Lipinski definition) is 4. The molecule has 7 heteroatoms. The second-order valence-electron chi connectivity index (χ2n) is 6.12. The highest BCUT2D eigenvalue weighted by Crippen LogP contribution is 2.44. The molecule has 6 nitrogen and oxygen atoms in total. The third kappa shape index (κ3) is 2.23. The molecule has 1 aromatic carbocycles. The molecular formula is C16H18N4O2S. The first-order valence-electron chi connectivity index (χ1n) is 7.59. The first-order valence-corrected chi connectivity index (χ1v) is 8.98. The summed E-state index contributed by atoms with van der Waals surface area (Å²) in [5, 5.41) is 0. The van der Waals surface area contributed by atoms with Crippen molar-refractivity contribution in [1.82, 2.24) is 4.98 Å². The number of nitrogens with two attached hydrogens (primary N) is 1. The van der Waals surface area contributed by atoms with Gasteiger partial charge in [-0.2, -0.15) is 8.42 Å². The van der Waals surface area contributed by atoms with Gasteiger partial charge in [-0.05, 0) is 42.5 Å². The number of pyridine rings is 1. The highest BCUT2D eigenvalue weighted by molar-refractivity contribution is 7.94. The molecule has 120 valence electrons. The molecule has 0 bridgehead atoms. The molecular weight excluding hydrogens is 312 g/mol. The number of benzene rings is 1. The molecule has 2 aromatic rings. The standard InChI is InChI=1S/C16H18N4O2S/c1-19-16-8-12(13-9-18-7-6-14(13)17)4-5-15(16)20(23(19,21)22)10-11-2-3-11/h4-9,11H,2-3,10H2,1H3,(H2,17,18). The summed E-state index contributed by atoms with van der Waals surface area (Å²) in [4.78, 5) is 4.10. The van der Waals surface area contributed by atoms with Gasteiger partial charge in [0.25, 0.3) is 0 Å². The van der Waals surface area contributed by atoms with Gasteiger partial charge in [-0.25, -0.2) is 0 Å². The molecule has 1 aliphatic heterocycles. The van der Waals surface area contributed by atoms with Crippen LogP contribution in [0, 0.1) is 5.92 Å². The fraction of sp³-hybridized carbons (Fsp3) is 0.312. The van der Waals surface area contributed by atoms with Gasteiger partial charge in [0, 0.05) is 37.2 Å². The van der Waals surface area contributed by atoms with Gasteiger partial charge in [0.1, 0.15) is 0 Å². The first-order chi connectivity index (χ1) is 11.0. The van der Waals surface area contributed by atoms with Crippen molar-refractivity contribution in [3.8, 4) is 11.1 Å². The highest BCUT2D eigenvalue weighted by atomic mass is 32.2. The molecule has 0 amide bonds. The first kappa shape index (κ1) is 14.3. The molecule has 23 heavy (non-hydrogen) atoms. The minimum atomic E-state index is -3.47.